The molecule has 1 unspecified atom stereocenters. The summed E-state index contributed by atoms with van der Waals surface area (Å²) in [5.41, 5.74) is 2.03. The molecule has 1 aliphatic heterocycles. The van der Waals surface area contributed by atoms with Crippen LogP contribution in [-0.2, 0) is 0 Å². The Kier molecular flexibility index (Phi) is 4.48. The summed E-state index contributed by atoms with van der Waals surface area (Å²) in [4.78, 5) is 14.8. The van der Waals surface area contributed by atoms with E-state index in [0.29, 0.717) is 30.1 Å². The highest BCUT2D eigenvalue weighted by atomic mass is 16.5. The van der Waals surface area contributed by atoms with E-state index in [4.69, 9.17) is 4.52 Å². The maximum absolute atomic E-state index is 12.9. The molecule has 0 spiro atoms. The number of nitrogens with zero attached hydrogens (tertiary/aromatic N) is 2. The topological polar surface area (TPSA) is 66.6 Å². The van der Waals surface area contributed by atoms with Gasteiger partial charge in [-0.05, 0) is 32.6 Å². The van der Waals surface area contributed by atoms with E-state index in [1.54, 1.807) is 6.92 Å². The highest BCUT2D eigenvalue weighted by Gasteiger charge is 2.30. The molecule has 0 aliphatic carbocycles. The molecule has 1 amide bonds. The van der Waals surface area contributed by atoms with Gasteiger partial charge in [0.2, 0.25) is 0 Å². The van der Waals surface area contributed by atoms with Gasteiger partial charge in [0, 0.05) is 18.7 Å². The van der Waals surface area contributed by atoms with Gasteiger partial charge >= 0.3 is 0 Å². The minimum Gasteiger partial charge on any atom is -0.393 e. The maximum Gasteiger partial charge on any atom is 0.259 e. The summed E-state index contributed by atoms with van der Waals surface area (Å²) in [5, 5.41) is 13.8. The Labute approximate surface area is 135 Å². The van der Waals surface area contributed by atoms with Gasteiger partial charge in [0.05, 0.1) is 6.10 Å². The molecule has 1 atom stereocenters. The van der Waals surface area contributed by atoms with E-state index in [0.717, 1.165) is 18.4 Å². The lowest BCUT2D eigenvalue weighted by atomic mass is 9.91. The predicted molar refractivity (Wildman–Crippen MR) is 87.0 cm³/mol. The van der Waals surface area contributed by atoms with Crippen LogP contribution in [0.4, 0.5) is 0 Å². The number of benzene rings is 1. The van der Waals surface area contributed by atoms with Crippen molar-refractivity contribution in [3.63, 3.8) is 0 Å². The monoisotopic (exact) mass is 314 g/mol. The number of amides is 1. The Morgan fingerprint density at radius 3 is 2.57 bits per heavy atom. The van der Waals surface area contributed by atoms with E-state index in [-0.39, 0.29) is 17.9 Å². The van der Waals surface area contributed by atoms with Crippen LogP contribution < -0.4 is 0 Å². The van der Waals surface area contributed by atoms with Crippen molar-refractivity contribution in [1.82, 2.24) is 10.1 Å². The molecule has 0 bridgehead atoms. The van der Waals surface area contributed by atoms with Gasteiger partial charge in [-0.3, -0.25) is 4.79 Å². The summed E-state index contributed by atoms with van der Waals surface area (Å²) in [6, 6.07) is 9.61. The van der Waals surface area contributed by atoms with Crippen molar-refractivity contribution in [1.29, 1.82) is 0 Å². The molecule has 2 heterocycles. The van der Waals surface area contributed by atoms with Crippen molar-refractivity contribution in [2.45, 2.75) is 32.8 Å². The summed E-state index contributed by atoms with van der Waals surface area (Å²) in [6.07, 6.45) is 1.34. The van der Waals surface area contributed by atoms with E-state index in [9.17, 15) is 9.90 Å². The molecular weight excluding hydrogens is 292 g/mol. The predicted octanol–water partition coefficient (Wildman–Crippen LogP) is 2.88. The molecule has 1 aromatic carbocycles. The fraction of sp³-hybridized carbons (Fsp3) is 0.444. The third kappa shape index (κ3) is 3.15. The third-order valence-electron chi connectivity index (χ3n) is 4.63. The van der Waals surface area contributed by atoms with Crippen molar-refractivity contribution < 1.29 is 14.4 Å². The zero-order chi connectivity index (χ0) is 16.4. The van der Waals surface area contributed by atoms with Crippen molar-refractivity contribution in [3.8, 4) is 11.3 Å². The minimum absolute atomic E-state index is 0.0355. The van der Waals surface area contributed by atoms with Crippen LogP contribution in [0.25, 0.3) is 11.3 Å². The quantitative estimate of drug-likeness (QED) is 0.946. The SMILES string of the molecule is Cc1onc(-c2ccccc2)c1C(=O)N1CCC(C(C)O)CC1. The Bertz CT molecular complexity index is 671. The number of likely N-dealkylation sites (tertiary alicyclic amines) is 1. The second kappa shape index (κ2) is 6.54. The highest BCUT2D eigenvalue weighted by molar-refractivity contribution is 6.00. The molecule has 23 heavy (non-hydrogen) atoms. The molecule has 3 rings (SSSR count). The lowest BCUT2D eigenvalue weighted by Gasteiger charge is -2.33. The van der Waals surface area contributed by atoms with Gasteiger partial charge < -0.3 is 14.5 Å². The molecule has 2 aromatic rings. The molecule has 5 heteroatoms. The van der Waals surface area contributed by atoms with Crippen LogP contribution >= 0.6 is 0 Å². The van der Waals surface area contributed by atoms with Crippen LogP contribution in [0.15, 0.2) is 34.9 Å². The van der Waals surface area contributed by atoms with Crippen LogP contribution in [0.1, 0.15) is 35.9 Å². The van der Waals surface area contributed by atoms with Gasteiger partial charge in [0.15, 0.2) is 0 Å². The standard InChI is InChI=1S/C18H22N2O3/c1-12(21)14-8-10-20(11-9-14)18(22)16-13(2)23-19-17(16)15-6-4-3-5-7-15/h3-7,12,14,21H,8-11H2,1-2H3. The van der Waals surface area contributed by atoms with Crippen molar-refractivity contribution in [2.75, 3.05) is 13.1 Å². The molecular formula is C18H22N2O3. The molecule has 1 fully saturated rings. The third-order valence-corrected chi connectivity index (χ3v) is 4.63. The first-order valence-corrected chi connectivity index (χ1v) is 8.07. The Hall–Kier alpha value is -2.14. The zero-order valence-electron chi connectivity index (χ0n) is 13.5. The summed E-state index contributed by atoms with van der Waals surface area (Å²) in [5.74, 6) is 0.786. The number of carbonyl (C=O) groups is 1. The first-order valence-electron chi connectivity index (χ1n) is 8.07. The molecule has 1 saturated heterocycles. The van der Waals surface area contributed by atoms with E-state index < -0.39 is 0 Å². The van der Waals surface area contributed by atoms with E-state index >= 15 is 0 Å². The van der Waals surface area contributed by atoms with E-state index in [1.807, 2.05) is 42.2 Å². The largest absolute Gasteiger partial charge is 0.393 e. The number of aliphatic hydroxyl groups excluding tert-OH is 1. The Balaban J connectivity index is 1.83. The lowest BCUT2D eigenvalue weighted by Crippen LogP contribution is -2.41. The van der Waals surface area contributed by atoms with E-state index in [1.165, 1.54) is 0 Å². The molecule has 1 N–H and O–H groups in total. The Morgan fingerprint density at radius 2 is 1.96 bits per heavy atom. The second-order valence-electron chi connectivity index (χ2n) is 6.20. The average molecular weight is 314 g/mol. The number of aromatic nitrogens is 1. The van der Waals surface area contributed by atoms with Crippen molar-refractivity contribution >= 4 is 5.91 Å². The second-order valence-corrected chi connectivity index (χ2v) is 6.20. The van der Waals surface area contributed by atoms with Crippen molar-refractivity contribution in [3.05, 3.63) is 41.7 Å². The smallest absolute Gasteiger partial charge is 0.259 e. The fourth-order valence-electron chi connectivity index (χ4n) is 3.16. The lowest BCUT2D eigenvalue weighted by molar-refractivity contribution is 0.0520. The molecule has 1 aliphatic rings. The Morgan fingerprint density at radius 1 is 1.30 bits per heavy atom. The van der Waals surface area contributed by atoms with Gasteiger partial charge in [-0.1, -0.05) is 35.5 Å². The van der Waals surface area contributed by atoms with Crippen LogP contribution in [0, 0.1) is 12.8 Å². The number of aryl methyl sites for hydroxylation is 1. The first kappa shape index (κ1) is 15.7. The molecule has 0 radical (unpaired) electrons. The molecule has 1 aromatic heterocycles. The average Bonchev–Trinajstić information content (AvgIpc) is 2.96. The summed E-state index contributed by atoms with van der Waals surface area (Å²) in [7, 11) is 0. The molecule has 5 nitrogen and oxygen atoms in total. The molecule has 0 saturated carbocycles. The van der Waals surface area contributed by atoms with E-state index in [2.05, 4.69) is 5.16 Å². The molecule has 122 valence electrons. The highest BCUT2D eigenvalue weighted by Crippen LogP contribution is 2.28. The number of carbonyl (C=O) groups excluding carboxylic acids is 1. The minimum atomic E-state index is -0.315. The van der Waals surface area contributed by atoms with Gasteiger partial charge in [0.25, 0.3) is 5.91 Å². The van der Waals surface area contributed by atoms with Gasteiger partial charge in [-0.2, -0.15) is 0 Å². The van der Waals surface area contributed by atoms with Crippen LogP contribution in [0.5, 0.6) is 0 Å². The van der Waals surface area contributed by atoms with Gasteiger partial charge in [-0.25, -0.2) is 0 Å². The number of rotatable bonds is 3. The number of piperidine rings is 1. The fourth-order valence-corrected chi connectivity index (χ4v) is 3.16. The number of hydrogen-bond donors (Lipinski definition) is 1. The normalized spacial score (nSPS) is 17.3. The summed E-state index contributed by atoms with van der Waals surface area (Å²) < 4.78 is 5.28. The van der Waals surface area contributed by atoms with Crippen LogP contribution in [0.2, 0.25) is 0 Å². The summed E-state index contributed by atoms with van der Waals surface area (Å²) in [6.45, 7) is 4.91. The van der Waals surface area contributed by atoms with Crippen LogP contribution in [0.3, 0.4) is 0 Å². The number of aliphatic hydroxyl groups is 1. The first-order chi connectivity index (χ1) is 11.1. The van der Waals surface area contributed by atoms with Crippen molar-refractivity contribution in [2.24, 2.45) is 5.92 Å². The van der Waals surface area contributed by atoms with Gasteiger partial charge in [-0.15, -0.1) is 0 Å². The zero-order valence-corrected chi connectivity index (χ0v) is 13.5. The summed E-state index contributed by atoms with van der Waals surface area (Å²) >= 11 is 0. The van der Waals surface area contributed by atoms with Gasteiger partial charge in [0.1, 0.15) is 17.0 Å². The van der Waals surface area contributed by atoms with Crippen LogP contribution in [-0.4, -0.2) is 40.3 Å². The maximum atomic E-state index is 12.9. The number of hydrogen-bond acceptors (Lipinski definition) is 4.